The summed E-state index contributed by atoms with van der Waals surface area (Å²) in [5, 5.41) is 7.10. The Kier molecular flexibility index (Phi) is 6.38. The molecule has 1 N–H and O–H groups in total. The fourth-order valence-corrected chi connectivity index (χ4v) is 7.38. The van der Waals surface area contributed by atoms with Crippen molar-refractivity contribution < 1.29 is 4.42 Å². The Labute approximate surface area is 291 Å². The molecule has 0 atom stereocenters. The van der Waals surface area contributed by atoms with Gasteiger partial charge in [0.25, 0.3) is 0 Å². The molecule has 0 radical (unpaired) electrons. The van der Waals surface area contributed by atoms with Gasteiger partial charge >= 0.3 is 0 Å². The number of aryl methyl sites for hydroxylation is 1. The number of furan rings is 1. The molecule has 3 aromatic heterocycles. The topological polar surface area (TPSA) is 67.6 Å². The summed E-state index contributed by atoms with van der Waals surface area (Å²) in [6.07, 6.45) is 0. The second-order valence-corrected chi connectivity index (χ2v) is 13.1. The largest absolute Gasteiger partial charge is 0.456 e. The summed E-state index contributed by atoms with van der Waals surface area (Å²) < 4.78 is 6.38. The summed E-state index contributed by atoms with van der Waals surface area (Å²) in [6, 6.07) is 48.7. The number of halogens is 1. The average molecular weight is 663 g/mol. The third-order valence-corrected chi connectivity index (χ3v) is 9.87. The SMILES string of the molecule is Cc1cc2cc(-c3ccc4c(c3)[nH]c3ccccc34)ccc2cc1-c1ccc2c(c1)oc1ccc(-c3nc(Cl)nc(-c4ccccc4)n3)cc12. The van der Waals surface area contributed by atoms with Crippen LogP contribution in [-0.2, 0) is 0 Å². The van der Waals surface area contributed by atoms with Crippen LogP contribution in [0, 0.1) is 6.92 Å². The molecule has 10 aromatic rings. The molecule has 0 amide bonds. The van der Waals surface area contributed by atoms with E-state index in [1.807, 2.05) is 42.5 Å². The fourth-order valence-electron chi connectivity index (χ4n) is 7.22. The number of hydrogen-bond acceptors (Lipinski definition) is 4. The molecular weight excluding hydrogens is 636 g/mol. The molecule has 0 aliphatic carbocycles. The Morgan fingerprint density at radius 3 is 2.10 bits per heavy atom. The molecule has 0 saturated carbocycles. The number of benzene rings is 7. The van der Waals surface area contributed by atoms with Crippen molar-refractivity contribution in [2.24, 2.45) is 0 Å². The van der Waals surface area contributed by atoms with E-state index in [4.69, 9.17) is 21.0 Å². The van der Waals surface area contributed by atoms with Crippen LogP contribution in [0.25, 0.3) is 99.5 Å². The molecule has 0 saturated heterocycles. The molecule has 0 bridgehead atoms. The molecule has 50 heavy (non-hydrogen) atoms. The van der Waals surface area contributed by atoms with E-state index in [0.717, 1.165) is 49.7 Å². The van der Waals surface area contributed by atoms with Crippen molar-refractivity contribution in [2.45, 2.75) is 6.92 Å². The minimum atomic E-state index is 0.157. The highest BCUT2D eigenvalue weighted by Gasteiger charge is 2.15. The van der Waals surface area contributed by atoms with Crippen LogP contribution in [0.2, 0.25) is 5.28 Å². The van der Waals surface area contributed by atoms with Crippen LogP contribution >= 0.6 is 11.6 Å². The summed E-state index contributed by atoms with van der Waals surface area (Å²) in [6.45, 7) is 2.18. The van der Waals surface area contributed by atoms with Crippen LogP contribution < -0.4 is 0 Å². The van der Waals surface area contributed by atoms with Crippen molar-refractivity contribution in [3.63, 3.8) is 0 Å². The van der Waals surface area contributed by atoms with E-state index >= 15 is 0 Å². The first-order valence-corrected chi connectivity index (χ1v) is 16.9. The number of aromatic amines is 1. The number of nitrogens with zero attached hydrogens (tertiary/aromatic N) is 3. The molecule has 5 nitrogen and oxygen atoms in total. The lowest BCUT2D eigenvalue weighted by atomic mass is 9.93. The fraction of sp³-hybridized carbons (Fsp3) is 0.0227. The van der Waals surface area contributed by atoms with E-state index in [1.165, 1.54) is 43.8 Å². The molecule has 0 unspecified atom stereocenters. The molecule has 6 heteroatoms. The molecule has 236 valence electrons. The third-order valence-electron chi connectivity index (χ3n) is 9.70. The average Bonchev–Trinajstić information content (AvgIpc) is 3.71. The summed E-state index contributed by atoms with van der Waals surface area (Å²) in [4.78, 5) is 17.1. The lowest BCUT2D eigenvalue weighted by Gasteiger charge is -2.11. The maximum absolute atomic E-state index is 6.38. The Bertz CT molecular complexity index is 2960. The van der Waals surface area contributed by atoms with Gasteiger partial charge in [-0.25, -0.2) is 4.98 Å². The minimum Gasteiger partial charge on any atom is -0.456 e. The number of nitrogens with one attached hydrogen (secondary N) is 1. The normalized spacial score (nSPS) is 11.8. The lowest BCUT2D eigenvalue weighted by molar-refractivity contribution is 0.669. The Hall–Kier alpha value is -6.30. The van der Waals surface area contributed by atoms with Gasteiger partial charge in [0.05, 0.1) is 0 Å². The van der Waals surface area contributed by atoms with E-state index in [1.54, 1.807) is 0 Å². The molecule has 0 spiro atoms. The number of fused-ring (bicyclic) bond motifs is 7. The quantitative estimate of drug-likeness (QED) is 0.204. The van der Waals surface area contributed by atoms with Crippen molar-refractivity contribution in [1.29, 1.82) is 0 Å². The Morgan fingerprint density at radius 1 is 0.480 bits per heavy atom. The van der Waals surface area contributed by atoms with Gasteiger partial charge in [0, 0.05) is 43.7 Å². The Morgan fingerprint density at radius 2 is 1.20 bits per heavy atom. The van der Waals surface area contributed by atoms with E-state index in [2.05, 4.69) is 119 Å². The zero-order valence-corrected chi connectivity index (χ0v) is 27.7. The van der Waals surface area contributed by atoms with Crippen molar-refractivity contribution in [1.82, 2.24) is 19.9 Å². The summed E-state index contributed by atoms with van der Waals surface area (Å²) in [7, 11) is 0. The standard InChI is InChI=1S/C44H27ClN4O/c1-25-19-32-20-27(29-13-16-34-33-9-5-6-10-38(33)46-39(34)23-29)11-12-28(32)21-36(25)30-14-17-35-37-22-31(15-18-40(37)50-41(35)24-30)43-47-42(48-44(45)49-43)26-7-3-2-4-8-26/h2-24,46H,1H3. The highest BCUT2D eigenvalue weighted by molar-refractivity contribution is 6.28. The van der Waals surface area contributed by atoms with Crippen LogP contribution in [-0.4, -0.2) is 19.9 Å². The molecule has 0 aliphatic heterocycles. The predicted molar refractivity (Wildman–Crippen MR) is 205 cm³/mol. The van der Waals surface area contributed by atoms with Gasteiger partial charge in [-0.1, -0.05) is 84.9 Å². The van der Waals surface area contributed by atoms with Crippen LogP contribution in [0.5, 0.6) is 0 Å². The van der Waals surface area contributed by atoms with Gasteiger partial charge in [-0.2, -0.15) is 9.97 Å². The van der Waals surface area contributed by atoms with Gasteiger partial charge < -0.3 is 9.40 Å². The van der Waals surface area contributed by atoms with E-state index in [0.29, 0.717) is 11.6 Å². The van der Waals surface area contributed by atoms with Crippen molar-refractivity contribution in [3.8, 4) is 45.0 Å². The van der Waals surface area contributed by atoms with Gasteiger partial charge in [0.1, 0.15) is 11.2 Å². The second kappa shape index (κ2) is 11.1. The van der Waals surface area contributed by atoms with Crippen LogP contribution in [0.1, 0.15) is 5.56 Å². The summed E-state index contributed by atoms with van der Waals surface area (Å²) in [5.74, 6) is 1.06. The molecular formula is C44H27ClN4O. The first-order valence-electron chi connectivity index (χ1n) is 16.5. The number of aromatic nitrogens is 4. The van der Waals surface area contributed by atoms with Crippen molar-refractivity contribution in [3.05, 3.63) is 150 Å². The van der Waals surface area contributed by atoms with Gasteiger partial charge in [0.15, 0.2) is 11.6 Å². The number of rotatable bonds is 4. The monoisotopic (exact) mass is 662 g/mol. The highest BCUT2D eigenvalue weighted by Crippen LogP contribution is 2.37. The summed E-state index contributed by atoms with van der Waals surface area (Å²) in [5.41, 5.74) is 11.6. The van der Waals surface area contributed by atoms with E-state index in [9.17, 15) is 0 Å². The highest BCUT2D eigenvalue weighted by atomic mass is 35.5. The summed E-state index contributed by atoms with van der Waals surface area (Å²) >= 11 is 6.35. The van der Waals surface area contributed by atoms with Crippen LogP contribution in [0.15, 0.2) is 144 Å². The van der Waals surface area contributed by atoms with Crippen LogP contribution in [0.4, 0.5) is 0 Å². The van der Waals surface area contributed by atoms with Crippen molar-refractivity contribution >= 4 is 66.1 Å². The molecule has 7 aromatic carbocycles. The third kappa shape index (κ3) is 4.74. The van der Waals surface area contributed by atoms with Gasteiger partial charge in [0.2, 0.25) is 5.28 Å². The lowest BCUT2D eigenvalue weighted by Crippen LogP contribution is -1.97. The molecule has 3 heterocycles. The van der Waals surface area contributed by atoms with Crippen molar-refractivity contribution in [2.75, 3.05) is 0 Å². The number of H-pyrrole nitrogens is 1. The molecule has 10 rings (SSSR count). The minimum absolute atomic E-state index is 0.157. The maximum Gasteiger partial charge on any atom is 0.226 e. The van der Waals surface area contributed by atoms with E-state index < -0.39 is 0 Å². The smallest absolute Gasteiger partial charge is 0.226 e. The van der Waals surface area contributed by atoms with Gasteiger partial charge in [-0.15, -0.1) is 0 Å². The number of para-hydroxylation sites is 1. The van der Waals surface area contributed by atoms with Gasteiger partial charge in [-0.05, 0) is 112 Å². The van der Waals surface area contributed by atoms with Crippen LogP contribution in [0.3, 0.4) is 0 Å². The van der Waals surface area contributed by atoms with Gasteiger partial charge in [-0.3, -0.25) is 0 Å². The first-order chi connectivity index (χ1) is 24.5. The molecule has 0 fully saturated rings. The number of hydrogen-bond donors (Lipinski definition) is 1. The predicted octanol–water partition coefficient (Wildman–Crippen LogP) is 12.2. The second-order valence-electron chi connectivity index (χ2n) is 12.8. The zero-order chi connectivity index (χ0) is 33.3. The first kappa shape index (κ1) is 28.7. The molecule has 0 aliphatic rings. The Balaban J connectivity index is 0.997. The zero-order valence-electron chi connectivity index (χ0n) is 26.9. The maximum atomic E-state index is 6.38. The van der Waals surface area contributed by atoms with E-state index in [-0.39, 0.29) is 5.28 Å².